The molecule has 1 N–H and O–H groups in total. The van der Waals surface area contributed by atoms with Crippen molar-refractivity contribution in [1.82, 2.24) is 0 Å². The number of rotatable bonds is 3. The summed E-state index contributed by atoms with van der Waals surface area (Å²) in [5.74, 6) is -1.82. The Bertz CT molecular complexity index is 885. The summed E-state index contributed by atoms with van der Waals surface area (Å²) in [6.45, 7) is -1.55. The number of alkyl halides is 6. The van der Waals surface area contributed by atoms with Gasteiger partial charge in [0, 0.05) is 0 Å². The van der Waals surface area contributed by atoms with Crippen LogP contribution in [-0.2, 0) is 6.18 Å². The molecule has 0 saturated heterocycles. The molecule has 0 fully saturated rings. The lowest BCUT2D eigenvalue weighted by Gasteiger charge is -2.21. The van der Waals surface area contributed by atoms with E-state index in [4.69, 9.17) is 0 Å². The number of fused-ring (bicyclic) bond motifs is 1. The summed E-state index contributed by atoms with van der Waals surface area (Å²) in [4.78, 5) is 25.4. The Morgan fingerprint density at radius 1 is 0.852 bits per heavy atom. The molecule has 0 aliphatic carbocycles. The van der Waals surface area contributed by atoms with Crippen LogP contribution < -0.4 is 10.2 Å². The van der Waals surface area contributed by atoms with Crippen LogP contribution in [0.5, 0.6) is 0 Å². The van der Waals surface area contributed by atoms with Gasteiger partial charge >= 0.3 is 12.4 Å². The van der Waals surface area contributed by atoms with Gasteiger partial charge in [-0.3, -0.25) is 9.59 Å². The van der Waals surface area contributed by atoms with Gasteiger partial charge in [-0.25, -0.2) is 4.90 Å². The fourth-order valence-electron chi connectivity index (χ4n) is 2.65. The number of carbonyl (C=O) groups excluding carboxylic acids is 2. The van der Waals surface area contributed by atoms with E-state index in [1.165, 1.54) is 24.3 Å². The largest absolute Gasteiger partial charge is 0.416 e. The zero-order valence-electron chi connectivity index (χ0n) is 13.3. The standard InChI is InChI=1S/C17H10F6N2O2/c18-16(19,20)8-24-12-6-5-9(17(21,22)23)7-13(12)25-14(26)10-3-1-2-4-11(10)15(25)27/h1-7,24H,8H2. The van der Waals surface area contributed by atoms with Crippen LogP contribution in [-0.4, -0.2) is 24.5 Å². The van der Waals surface area contributed by atoms with Gasteiger partial charge in [-0.2, -0.15) is 26.3 Å². The topological polar surface area (TPSA) is 49.4 Å². The Balaban J connectivity index is 2.09. The lowest BCUT2D eigenvalue weighted by molar-refractivity contribution is -0.137. The molecule has 0 atom stereocenters. The molecule has 0 saturated carbocycles. The quantitative estimate of drug-likeness (QED) is 0.623. The van der Waals surface area contributed by atoms with Crippen molar-refractivity contribution in [1.29, 1.82) is 0 Å². The fraction of sp³-hybridized carbons (Fsp3) is 0.176. The normalized spacial score (nSPS) is 14.5. The van der Waals surface area contributed by atoms with Crippen LogP contribution in [0.2, 0.25) is 0 Å². The van der Waals surface area contributed by atoms with E-state index in [2.05, 4.69) is 0 Å². The van der Waals surface area contributed by atoms with Crippen LogP contribution in [0.3, 0.4) is 0 Å². The molecule has 1 aliphatic heterocycles. The number of carbonyl (C=O) groups is 2. The summed E-state index contributed by atoms with van der Waals surface area (Å²) in [6, 6.07) is 7.34. The number of halogens is 6. The Morgan fingerprint density at radius 2 is 1.41 bits per heavy atom. The molecule has 0 bridgehead atoms. The zero-order valence-corrected chi connectivity index (χ0v) is 13.3. The smallest absolute Gasteiger partial charge is 0.375 e. The van der Waals surface area contributed by atoms with Crippen molar-refractivity contribution in [2.24, 2.45) is 0 Å². The number of nitrogens with one attached hydrogen (secondary N) is 1. The van der Waals surface area contributed by atoms with E-state index >= 15 is 0 Å². The second kappa shape index (κ2) is 6.29. The van der Waals surface area contributed by atoms with E-state index < -0.39 is 47.6 Å². The summed E-state index contributed by atoms with van der Waals surface area (Å²) in [5, 5.41) is 1.94. The molecule has 2 aromatic carbocycles. The molecule has 2 aromatic rings. The first-order valence-corrected chi connectivity index (χ1v) is 7.49. The molecule has 27 heavy (non-hydrogen) atoms. The van der Waals surface area contributed by atoms with Gasteiger partial charge in [0.25, 0.3) is 11.8 Å². The van der Waals surface area contributed by atoms with Crippen molar-refractivity contribution in [2.45, 2.75) is 12.4 Å². The molecule has 1 aliphatic rings. The second-order valence-corrected chi connectivity index (χ2v) is 5.69. The molecule has 10 heteroatoms. The number of hydrogen-bond donors (Lipinski definition) is 1. The Morgan fingerprint density at radius 3 is 1.89 bits per heavy atom. The Hall–Kier alpha value is -3.04. The Labute approximate surface area is 148 Å². The van der Waals surface area contributed by atoms with E-state index in [1.807, 2.05) is 5.32 Å². The van der Waals surface area contributed by atoms with Crippen LogP contribution in [0, 0.1) is 0 Å². The van der Waals surface area contributed by atoms with Crippen molar-refractivity contribution < 1.29 is 35.9 Å². The molecule has 142 valence electrons. The zero-order chi connectivity index (χ0) is 20.0. The third-order valence-corrected chi connectivity index (χ3v) is 3.84. The van der Waals surface area contributed by atoms with Gasteiger partial charge in [0.15, 0.2) is 0 Å². The first kappa shape index (κ1) is 18.7. The van der Waals surface area contributed by atoms with Crippen molar-refractivity contribution >= 4 is 23.2 Å². The van der Waals surface area contributed by atoms with Crippen LogP contribution in [0.25, 0.3) is 0 Å². The summed E-state index contributed by atoms with van der Waals surface area (Å²) < 4.78 is 76.6. The van der Waals surface area contributed by atoms with Gasteiger partial charge in [-0.05, 0) is 30.3 Å². The summed E-state index contributed by atoms with van der Waals surface area (Å²) in [5.41, 5.74) is -2.30. The predicted molar refractivity (Wildman–Crippen MR) is 83.6 cm³/mol. The first-order valence-electron chi connectivity index (χ1n) is 7.49. The van der Waals surface area contributed by atoms with E-state index in [9.17, 15) is 35.9 Å². The van der Waals surface area contributed by atoms with E-state index in [-0.39, 0.29) is 11.1 Å². The van der Waals surface area contributed by atoms with Gasteiger partial charge < -0.3 is 5.32 Å². The number of hydrogen-bond acceptors (Lipinski definition) is 3. The van der Waals surface area contributed by atoms with Crippen molar-refractivity contribution in [3.05, 3.63) is 59.2 Å². The van der Waals surface area contributed by atoms with Crippen molar-refractivity contribution in [3.63, 3.8) is 0 Å². The summed E-state index contributed by atoms with van der Waals surface area (Å²) in [6.07, 6.45) is -9.46. The minimum atomic E-state index is -4.81. The number of anilines is 2. The van der Waals surface area contributed by atoms with Crippen LogP contribution in [0.15, 0.2) is 42.5 Å². The third kappa shape index (κ3) is 3.60. The molecule has 4 nitrogen and oxygen atoms in total. The maximum atomic E-state index is 13.0. The molecule has 0 aromatic heterocycles. The minimum absolute atomic E-state index is 0.0401. The highest BCUT2D eigenvalue weighted by Crippen LogP contribution is 2.39. The molecular formula is C17H10F6N2O2. The predicted octanol–water partition coefficient (Wildman–Crippen LogP) is 4.48. The van der Waals surface area contributed by atoms with Crippen LogP contribution in [0.4, 0.5) is 37.7 Å². The molecule has 3 rings (SSSR count). The number of benzene rings is 2. The molecule has 1 heterocycles. The second-order valence-electron chi connectivity index (χ2n) is 5.69. The van der Waals surface area contributed by atoms with Gasteiger partial charge in [-0.1, -0.05) is 12.1 Å². The molecular weight excluding hydrogens is 378 g/mol. The maximum absolute atomic E-state index is 13.0. The first-order chi connectivity index (χ1) is 12.5. The minimum Gasteiger partial charge on any atom is -0.375 e. The molecule has 0 spiro atoms. The summed E-state index contributed by atoms with van der Waals surface area (Å²) in [7, 11) is 0. The highest BCUT2D eigenvalue weighted by atomic mass is 19.4. The van der Waals surface area contributed by atoms with E-state index in [1.54, 1.807) is 0 Å². The Kier molecular flexibility index (Phi) is 4.37. The lowest BCUT2D eigenvalue weighted by atomic mass is 10.1. The highest BCUT2D eigenvalue weighted by molar-refractivity contribution is 6.35. The number of nitrogens with zero attached hydrogens (tertiary/aromatic N) is 1. The monoisotopic (exact) mass is 388 g/mol. The van der Waals surface area contributed by atoms with Crippen LogP contribution in [0.1, 0.15) is 26.3 Å². The van der Waals surface area contributed by atoms with Gasteiger partial charge in [-0.15, -0.1) is 0 Å². The number of amides is 2. The average molecular weight is 388 g/mol. The molecule has 0 unspecified atom stereocenters. The van der Waals surface area contributed by atoms with Crippen LogP contribution >= 0.6 is 0 Å². The lowest BCUT2D eigenvalue weighted by Crippen LogP contribution is -2.31. The van der Waals surface area contributed by atoms with Crippen molar-refractivity contribution in [3.8, 4) is 0 Å². The fourth-order valence-corrected chi connectivity index (χ4v) is 2.65. The highest BCUT2D eigenvalue weighted by Gasteiger charge is 2.40. The SMILES string of the molecule is O=C1c2ccccc2C(=O)N1c1cc(C(F)(F)F)ccc1NCC(F)(F)F. The van der Waals surface area contributed by atoms with Gasteiger partial charge in [0.2, 0.25) is 0 Å². The maximum Gasteiger partial charge on any atom is 0.416 e. The third-order valence-electron chi connectivity index (χ3n) is 3.84. The molecule has 2 amide bonds. The average Bonchev–Trinajstić information content (AvgIpc) is 2.83. The summed E-state index contributed by atoms with van der Waals surface area (Å²) >= 11 is 0. The van der Waals surface area contributed by atoms with E-state index in [0.717, 1.165) is 6.07 Å². The van der Waals surface area contributed by atoms with E-state index in [0.29, 0.717) is 17.0 Å². The number of imide groups is 1. The van der Waals surface area contributed by atoms with Gasteiger partial charge in [0.1, 0.15) is 6.54 Å². The van der Waals surface area contributed by atoms with Gasteiger partial charge in [0.05, 0.1) is 28.1 Å². The van der Waals surface area contributed by atoms with Crippen molar-refractivity contribution in [2.75, 3.05) is 16.8 Å². The molecule has 0 radical (unpaired) electrons.